The van der Waals surface area contributed by atoms with E-state index in [0.29, 0.717) is 303 Å². The van der Waals surface area contributed by atoms with Gasteiger partial charge in [0.2, 0.25) is 0 Å². The van der Waals surface area contributed by atoms with Gasteiger partial charge in [-0.2, -0.15) is 0 Å². The van der Waals surface area contributed by atoms with Crippen LogP contribution in [0.5, 0.6) is 0 Å². The van der Waals surface area contributed by atoms with Crippen molar-refractivity contribution >= 4 is 0 Å². The Hall–Kier alpha value is -0.960. The van der Waals surface area contributed by atoms with Crippen LogP contribution in [-0.2, 0) is 109 Å². The minimum absolute atomic E-state index is 0.108. The molecule has 0 amide bonds. The molecular formula is C56H115NO23. The highest BCUT2D eigenvalue weighted by Gasteiger charge is 2.09. The van der Waals surface area contributed by atoms with Crippen molar-refractivity contribution in [3.05, 3.63) is 0 Å². The summed E-state index contributed by atoms with van der Waals surface area (Å²) in [4.78, 5) is 0. The first-order valence-electron chi connectivity index (χ1n) is 29.2. The Bertz CT molecular complexity index is 1050. The summed E-state index contributed by atoms with van der Waals surface area (Å²) in [6.45, 7) is 37.7. The van der Waals surface area contributed by atoms with E-state index in [1.165, 1.54) is 0 Å². The molecule has 0 aliphatic carbocycles. The van der Waals surface area contributed by atoms with Crippen LogP contribution in [0.3, 0.4) is 0 Å². The zero-order chi connectivity index (χ0) is 57.9. The van der Waals surface area contributed by atoms with Gasteiger partial charge in [-0.1, -0.05) is 20.8 Å². The fourth-order valence-electron chi connectivity index (χ4n) is 5.82. The molecule has 0 aromatic carbocycles. The Kier molecular flexibility index (Phi) is 66.4. The molecule has 0 radical (unpaired) electrons. The Balaban J connectivity index is 3.09. The lowest BCUT2D eigenvalue weighted by molar-refractivity contribution is -0.0319. The average Bonchev–Trinajstić information content (AvgIpc) is 3.42. The minimum atomic E-state index is 0.108. The van der Waals surface area contributed by atoms with Crippen LogP contribution < -0.4 is 5.32 Å². The summed E-state index contributed by atoms with van der Waals surface area (Å²) in [6.07, 6.45) is 1.04. The topological polar surface area (TPSA) is 224 Å². The van der Waals surface area contributed by atoms with Crippen LogP contribution in [0.15, 0.2) is 0 Å². The molecule has 0 saturated carbocycles. The van der Waals surface area contributed by atoms with Crippen LogP contribution >= 0.6 is 0 Å². The standard InChI is InChI=1S/C56H115NO23/c1-55(2,3)7-9-58-11-13-60-15-17-62-19-21-64-23-25-66-27-29-68-31-33-70-35-37-72-39-41-74-43-45-76-47-49-78-51-53-80-54-52-79-50-48-77-46-44-75-42-40-73-38-36-71-34-32-69-30-28-67-26-24-65-22-20-63-18-16-61-14-12-59-10-8-57-56(4,5)6/h57H,7-54H2,1-6H3. The van der Waals surface area contributed by atoms with Crippen LogP contribution in [0.25, 0.3) is 0 Å². The second-order valence-corrected chi connectivity index (χ2v) is 19.6. The number of hydrogen-bond donors (Lipinski definition) is 1. The Morgan fingerprint density at radius 1 is 0.163 bits per heavy atom. The molecule has 0 saturated heterocycles. The normalized spacial score (nSPS) is 12.2. The van der Waals surface area contributed by atoms with E-state index in [9.17, 15) is 0 Å². The lowest BCUT2D eigenvalue weighted by Crippen LogP contribution is -2.38. The van der Waals surface area contributed by atoms with E-state index in [0.717, 1.165) is 19.6 Å². The summed E-state index contributed by atoms with van der Waals surface area (Å²) in [5.74, 6) is 0. The summed E-state index contributed by atoms with van der Waals surface area (Å²) in [5, 5.41) is 3.38. The van der Waals surface area contributed by atoms with Gasteiger partial charge in [0.15, 0.2) is 0 Å². The maximum absolute atomic E-state index is 5.57. The van der Waals surface area contributed by atoms with Crippen molar-refractivity contribution in [2.24, 2.45) is 5.41 Å². The third-order valence-corrected chi connectivity index (χ3v) is 10.1. The molecule has 24 heteroatoms. The van der Waals surface area contributed by atoms with Gasteiger partial charge >= 0.3 is 0 Å². The summed E-state index contributed by atoms with van der Waals surface area (Å²) < 4.78 is 127. The van der Waals surface area contributed by atoms with Gasteiger partial charge in [-0.25, -0.2) is 0 Å². The molecule has 0 unspecified atom stereocenters. The van der Waals surface area contributed by atoms with Gasteiger partial charge in [0.05, 0.1) is 297 Å². The zero-order valence-corrected chi connectivity index (χ0v) is 50.8. The first-order chi connectivity index (χ1) is 39.2. The fraction of sp³-hybridized carbons (Fsp3) is 1.00. The summed E-state index contributed by atoms with van der Waals surface area (Å²) in [5.41, 5.74) is 0.403. The number of ether oxygens (including phenoxy) is 23. The molecule has 0 rings (SSSR count). The van der Waals surface area contributed by atoms with Gasteiger partial charge in [0.1, 0.15) is 0 Å². The molecule has 0 heterocycles. The first kappa shape index (κ1) is 79.0. The Labute approximate surface area is 482 Å². The average molecular weight is 1170 g/mol. The molecule has 0 aromatic rings. The lowest BCUT2D eigenvalue weighted by Gasteiger charge is -2.20. The summed E-state index contributed by atoms with van der Waals surface area (Å²) in [7, 11) is 0. The van der Waals surface area contributed by atoms with E-state index in [2.05, 4.69) is 46.9 Å². The molecule has 482 valence electrons. The highest BCUT2D eigenvalue weighted by molar-refractivity contribution is 4.69. The predicted octanol–water partition coefficient (Wildman–Crippen LogP) is 3.19. The molecule has 1 N–H and O–H groups in total. The molecule has 80 heavy (non-hydrogen) atoms. The lowest BCUT2D eigenvalue weighted by atomic mass is 9.93. The van der Waals surface area contributed by atoms with Gasteiger partial charge in [-0.3, -0.25) is 0 Å². The highest BCUT2D eigenvalue weighted by atomic mass is 16.6. The number of nitrogens with one attached hydrogen (secondary N) is 1. The van der Waals surface area contributed by atoms with E-state index in [-0.39, 0.29) is 5.54 Å². The van der Waals surface area contributed by atoms with Crippen molar-refractivity contribution in [1.82, 2.24) is 5.32 Å². The van der Waals surface area contributed by atoms with E-state index >= 15 is 0 Å². The largest absolute Gasteiger partial charge is 0.379 e. The molecule has 0 atom stereocenters. The summed E-state index contributed by atoms with van der Waals surface area (Å²) >= 11 is 0. The van der Waals surface area contributed by atoms with Crippen molar-refractivity contribution in [2.45, 2.75) is 53.5 Å². The van der Waals surface area contributed by atoms with E-state index in [4.69, 9.17) is 109 Å². The maximum Gasteiger partial charge on any atom is 0.0701 e. The molecule has 0 aliphatic rings. The molecule has 0 spiro atoms. The number of hydrogen-bond acceptors (Lipinski definition) is 24. The van der Waals surface area contributed by atoms with E-state index in [1.54, 1.807) is 0 Å². The van der Waals surface area contributed by atoms with Gasteiger partial charge < -0.3 is 114 Å². The third-order valence-electron chi connectivity index (χ3n) is 10.1. The Morgan fingerprint density at radius 3 is 0.388 bits per heavy atom. The van der Waals surface area contributed by atoms with Crippen LogP contribution in [0.4, 0.5) is 0 Å². The van der Waals surface area contributed by atoms with Crippen LogP contribution in [0.2, 0.25) is 0 Å². The van der Waals surface area contributed by atoms with Gasteiger partial charge in [-0.15, -0.1) is 0 Å². The Morgan fingerprint density at radius 2 is 0.275 bits per heavy atom. The van der Waals surface area contributed by atoms with Gasteiger partial charge in [-0.05, 0) is 32.6 Å². The number of rotatable bonds is 71. The van der Waals surface area contributed by atoms with Crippen molar-refractivity contribution < 1.29 is 109 Å². The molecule has 24 nitrogen and oxygen atoms in total. The predicted molar refractivity (Wildman–Crippen MR) is 301 cm³/mol. The van der Waals surface area contributed by atoms with Crippen molar-refractivity contribution in [2.75, 3.05) is 310 Å². The monoisotopic (exact) mass is 1170 g/mol. The third kappa shape index (κ3) is 77.0. The zero-order valence-electron chi connectivity index (χ0n) is 50.8. The highest BCUT2D eigenvalue weighted by Crippen LogP contribution is 2.17. The van der Waals surface area contributed by atoms with Gasteiger partial charge in [0, 0.05) is 18.7 Å². The van der Waals surface area contributed by atoms with Crippen molar-refractivity contribution in [3.63, 3.8) is 0 Å². The molecule has 0 fully saturated rings. The SMILES string of the molecule is CC(C)(C)CCOCCOCCOCCOCCOCCOCCOCCOCCOCCOCCOCCOCCOCCOCCOCCOCCOCCOCCOCCOCCOCCOCCOCCNC(C)(C)C. The molecule has 0 aliphatic heterocycles. The fourth-order valence-corrected chi connectivity index (χ4v) is 5.82. The molecule has 0 bridgehead atoms. The quantitative estimate of drug-likeness (QED) is 0.0864. The van der Waals surface area contributed by atoms with Crippen LogP contribution in [0.1, 0.15) is 48.0 Å². The smallest absolute Gasteiger partial charge is 0.0701 e. The second-order valence-electron chi connectivity index (χ2n) is 19.6. The van der Waals surface area contributed by atoms with E-state index < -0.39 is 0 Å². The summed E-state index contributed by atoms with van der Waals surface area (Å²) in [6, 6.07) is 0. The van der Waals surface area contributed by atoms with Crippen molar-refractivity contribution in [1.29, 1.82) is 0 Å². The maximum atomic E-state index is 5.57. The molecule has 0 aromatic heterocycles. The minimum Gasteiger partial charge on any atom is -0.379 e. The van der Waals surface area contributed by atoms with Crippen LogP contribution in [-0.4, -0.2) is 316 Å². The van der Waals surface area contributed by atoms with Crippen LogP contribution in [0, 0.1) is 5.41 Å². The molecular weight excluding hydrogens is 1050 g/mol. The van der Waals surface area contributed by atoms with Gasteiger partial charge in [0.25, 0.3) is 0 Å². The second kappa shape index (κ2) is 67.2. The van der Waals surface area contributed by atoms with Crippen molar-refractivity contribution in [3.8, 4) is 0 Å². The van der Waals surface area contributed by atoms with E-state index in [1.807, 2.05) is 0 Å². The first-order valence-corrected chi connectivity index (χ1v) is 29.2.